The van der Waals surface area contributed by atoms with Crippen molar-refractivity contribution in [3.05, 3.63) is 28.3 Å². The fourth-order valence-corrected chi connectivity index (χ4v) is 6.43. The molecular weight excluding hydrogens is 398 g/mol. The lowest BCUT2D eigenvalue weighted by atomic mass is 9.92. The Hall–Kier alpha value is -1.60. The van der Waals surface area contributed by atoms with Crippen molar-refractivity contribution in [1.82, 2.24) is 9.62 Å². The first-order valence-corrected chi connectivity index (χ1v) is 13.3. The summed E-state index contributed by atoms with van der Waals surface area (Å²) in [5.41, 5.74) is 5.95. The third kappa shape index (κ3) is 4.99. The zero-order valence-corrected chi connectivity index (χ0v) is 19.0. The SMILES string of the molecule is CCN1CCC(CCCS(=O)(=O)NC(=O)Nc2c3c(cc4c2CCC4)CCC3)CC1. The molecule has 0 spiro atoms. The van der Waals surface area contributed by atoms with Gasteiger partial charge in [0.25, 0.3) is 0 Å². The van der Waals surface area contributed by atoms with E-state index in [4.69, 9.17) is 0 Å². The quantitative estimate of drug-likeness (QED) is 0.688. The van der Waals surface area contributed by atoms with Gasteiger partial charge in [0.2, 0.25) is 10.0 Å². The minimum absolute atomic E-state index is 0.0133. The number of piperidine rings is 1. The molecule has 1 aromatic carbocycles. The van der Waals surface area contributed by atoms with Crippen LogP contribution in [0.2, 0.25) is 0 Å². The van der Waals surface area contributed by atoms with E-state index in [1.54, 1.807) is 0 Å². The largest absolute Gasteiger partial charge is 0.332 e. The van der Waals surface area contributed by atoms with E-state index < -0.39 is 16.1 Å². The first-order valence-electron chi connectivity index (χ1n) is 11.7. The molecule has 1 saturated heterocycles. The number of likely N-dealkylation sites (tertiary alicyclic amines) is 1. The number of nitrogens with one attached hydrogen (secondary N) is 2. The maximum atomic E-state index is 12.6. The first-order chi connectivity index (χ1) is 14.4. The molecule has 1 aromatic rings. The molecule has 3 aliphatic rings. The molecule has 1 aliphatic heterocycles. The first kappa shape index (κ1) is 21.6. The Morgan fingerprint density at radius 3 is 2.30 bits per heavy atom. The molecular formula is C23H35N3O3S. The van der Waals surface area contributed by atoms with Gasteiger partial charge < -0.3 is 10.2 Å². The summed E-state index contributed by atoms with van der Waals surface area (Å²) in [5.74, 6) is 0.616. The maximum Gasteiger partial charge on any atom is 0.332 e. The van der Waals surface area contributed by atoms with Crippen LogP contribution in [0.5, 0.6) is 0 Å². The Morgan fingerprint density at radius 2 is 1.70 bits per heavy atom. The highest BCUT2D eigenvalue weighted by atomic mass is 32.2. The Bertz CT molecular complexity index is 857. The van der Waals surface area contributed by atoms with Crippen molar-refractivity contribution in [1.29, 1.82) is 0 Å². The van der Waals surface area contributed by atoms with E-state index in [0.717, 1.165) is 83.1 Å². The number of urea groups is 1. The maximum absolute atomic E-state index is 12.6. The van der Waals surface area contributed by atoms with Crippen molar-refractivity contribution >= 4 is 21.7 Å². The molecule has 1 heterocycles. The van der Waals surface area contributed by atoms with E-state index in [1.165, 1.54) is 22.3 Å². The summed E-state index contributed by atoms with van der Waals surface area (Å²) in [6.07, 6.45) is 10.0. The van der Waals surface area contributed by atoms with Crippen LogP contribution in [0.1, 0.15) is 67.7 Å². The number of sulfonamides is 1. The van der Waals surface area contributed by atoms with Crippen LogP contribution in [0.4, 0.5) is 10.5 Å². The number of hydrogen-bond donors (Lipinski definition) is 2. The molecule has 2 aliphatic carbocycles. The van der Waals surface area contributed by atoms with Gasteiger partial charge in [-0.1, -0.05) is 13.0 Å². The number of amides is 2. The van der Waals surface area contributed by atoms with E-state index in [0.29, 0.717) is 12.3 Å². The zero-order chi connectivity index (χ0) is 21.1. The molecule has 0 saturated carbocycles. The fourth-order valence-electron chi connectivity index (χ4n) is 5.45. The Labute approximate surface area is 180 Å². The summed E-state index contributed by atoms with van der Waals surface area (Å²) < 4.78 is 27.2. The van der Waals surface area contributed by atoms with Crippen molar-refractivity contribution in [3.63, 3.8) is 0 Å². The highest BCUT2D eigenvalue weighted by Gasteiger charge is 2.26. The van der Waals surface area contributed by atoms with Crippen molar-refractivity contribution < 1.29 is 13.2 Å². The molecule has 166 valence electrons. The van der Waals surface area contributed by atoms with Gasteiger partial charge in [-0.25, -0.2) is 17.9 Å². The van der Waals surface area contributed by atoms with Gasteiger partial charge in [0.05, 0.1) is 5.75 Å². The zero-order valence-electron chi connectivity index (χ0n) is 18.1. The van der Waals surface area contributed by atoms with E-state index in [-0.39, 0.29) is 5.75 Å². The molecule has 0 bridgehead atoms. The number of fused-ring (bicyclic) bond motifs is 2. The second-order valence-corrected chi connectivity index (χ2v) is 11.0. The Morgan fingerprint density at radius 1 is 1.07 bits per heavy atom. The Kier molecular flexibility index (Phi) is 6.68. The van der Waals surface area contributed by atoms with Crippen LogP contribution in [-0.2, 0) is 35.7 Å². The molecule has 0 atom stereocenters. The summed E-state index contributed by atoms with van der Waals surface area (Å²) in [5, 5.41) is 2.92. The number of carbonyl (C=O) groups is 1. The van der Waals surface area contributed by atoms with E-state index in [2.05, 4.69) is 27.9 Å². The third-order valence-electron chi connectivity index (χ3n) is 7.14. The van der Waals surface area contributed by atoms with Gasteiger partial charge in [0.15, 0.2) is 0 Å². The minimum Gasteiger partial charge on any atom is -0.307 e. The smallest absolute Gasteiger partial charge is 0.307 e. The lowest BCUT2D eigenvalue weighted by Gasteiger charge is -2.30. The number of aryl methyl sites for hydroxylation is 2. The topological polar surface area (TPSA) is 78.5 Å². The summed E-state index contributed by atoms with van der Waals surface area (Å²) in [7, 11) is -3.62. The summed E-state index contributed by atoms with van der Waals surface area (Å²) >= 11 is 0. The van der Waals surface area contributed by atoms with Crippen LogP contribution in [0, 0.1) is 5.92 Å². The standard InChI is InChI=1S/C23H35N3O3S/c1-2-26-13-11-17(12-14-26)6-5-15-30(28,29)25-23(27)24-22-20-9-3-7-18(20)16-19-8-4-10-21(19)22/h16-17H,2-15H2,1H3,(H2,24,25,27). The highest BCUT2D eigenvalue weighted by molar-refractivity contribution is 7.90. The van der Waals surface area contributed by atoms with Gasteiger partial charge >= 0.3 is 6.03 Å². The van der Waals surface area contributed by atoms with Gasteiger partial charge in [0, 0.05) is 5.69 Å². The number of anilines is 1. The van der Waals surface area contributed by atoms with Gasteiger partial charge in [0.1, 0.15) is 0 Å². The molecule has 4 rings (SSSR count). The van der Waals surface area contributed by atoms with Crippen molar-refractivity contribution in [3.8, 4) is 0 Å². The van der Waals surface area contributed by atoms with Crippen molar-refractivity contribution in [2.75, 3.05) is 30.7 Å². The number of carbonyl (C=O) groups excluding carboxylic acids is 1. The molecule has 0 unspecified atom stereocenters. The average molecular weight is 434 g/mol. The van der Waals surface area contributed by atoms with Crippen LogP contribution in [0.25, 0.3) is 0 Å². The number of benzene rings is 1. The van der Waals surface area contributed by atoms with E-state index in [1.807, 2.05) is 0 Å². The van der Waals surface area contributed by atoms with Gasteiger partial charge in [-0.3, -0.25) is 0 Å². The molecule has 0 radical (unpaired) electrons. The second-order valence-electron chi connectivity index (χ2n) is 9.13. The van der Waals surface area contributed by atoms with Gasteiger partial charge in [-0.15, -0.1) is 0 Å². The predicted octanol–water partition coefficient (Wildman–Crippen LogP) is 3.63. The normalized spacial score (nSPS) is 19.5. The van der Waals surface area contributed by atoms with Crippen LogP contribution >= 0.6 is 0 Å². The van der Waals surface area contributed by atoms with Crippen LogP contribution in [0.3, 0.4) is 0 Å². The van der Waals surface area contributed by atoms with Crippen LogP contribution < -0.4 is 10.0 Å². The van der Waals surface area contributed by atoms with E-state index >= 15 is 0 Å². The summed E-state index contributed by atoms with van der Waals surface area (Å²) in [6.45, 7) is 5.50. The summed E-state index contributed by atoms with van der Waals surface area (Å²) in [6, 6.07) is 1.69. The van der Waals surface area contributed by atoms with Gasteiger partial charge in [-0.2, -0.15) is 0 Å². The second kappa shape index (κ2) is 9.27. The molecule has 1 fully saturated rings. The number of nitrogens with zero attached hydrogens (tertiary/aromatic N) is 1. The van der Waals surface area contributed by atoms with Crippen molar-refractivity contribution in [2.45, 2.75) is 71.1 Å². The van der Waals surface area contributed by atoms with Crippen molar-refractivity contribution in [2.24, 2.45) is 5.92 Å². The number of hydrogen-bond acceptors (Lipinski definition) is 4. The Balaban J connectivity index is 1.30. The molecule has 30 heavy (non-hydrogen) atoms. The lowest BCUT2D eigenvalue weighted by molar-refractivity contribution is 0.186. The third-order valence-corrected chi connectivity index (χ3v) is 8.46. The molecule has 7 heteroatoms. The summed E-state index contributed by atoms with van der Waals surface area (Å²) in [4.78, 5) is 15.0. The highest BCUT2D eigenvalue weighted by Crippen LogP contribution is 2.38. The molecule has 2 N–H and O–H groups in total. The predicted molar refractivity (Wildman–Crippen MR) is 121 cm³/mol. The molecule has 0 aromatic heterocycles. The molecule has 6 nitrogen and oxygen atoms in total. The molecule has 2 amide bonds. The monoisotopic (exact) mass is 433 g/mol. The van der Waals surface area contributed by atoms with Crippen LogP contribution in [-0.4, -0.2) is 44.7 Å². The average Bonchev–Trinajstić information content (AvgIpc) is 3.37. The fraction of sp³-hybridized carbons (Fsp3) is 0.696. The van der Waals surface area contributed by atoms with E-state index in [9.17, 15) is 13.2 Å². The number of rotatable bonds is 7. The minimum atomic E-state index is -3.62. The lowest BCUT2D eigenvalue weighted by Crippen LogP contribution is -2.37. The van der Waals surface area contributed by atoms with Gasteiger partial charge in [-0.05, 0) is 112 Å². The van der Waals surface area contributed by atoms with Crippen LogP contribution in [0.15, 0.2) is 6.07 Å².